The van der Waals surface area contributed by atoms with Crippen LogP contribution in [0, 0.1) is 5.82 Å². The van der Waals surface area contributed by atoms with E-state index in [1.165, 1.54) is 6.07 Å². The SMILES string of the molecule is CCNC(c1cnccn1)c1cc2cccc(F)c2o1. The number of para-hydroxylation sites is 1. The van der Waals surface area contributed by atoms with Crippen LogP contribution in [0.3, 0.4) is 0 Å². The maximum Gasteiger partial charge on any atom is 0.169 e. The second kappa shape index (κ2) is 5.38. The van der Waals surface area contributed by atoms with Crippen molar-refractivity contribution in [3.63, 3.8) is 0 Å². The van der Waals surface area contributed by atoms with Gasteiger partial charge in [-0.25, -0.2) is 4.39 Å². The lowest BCUT2D eigenvalue weighted by atomic mass is 10.1. The number of hydrogen-bond acceptors (Lipinski definition) is 4. The molecule has 4 nitrogen and oxygen atoms in total. The van der Waals surface area contributed by atoms with Crippen molar-refractivity contribution in [1.82, 2.24) is 15.3 Å². The van der Waals surface area contributed by atoms with Gasteiger partial charge >= 0.3 is 0 Å². The summed E-state index contributed by atoms with van der Waals surface area (Å²) in [5.74, 6) is 0.274. The van der Waals surface area contributed by atoms with Crippen LogP contribution in [-0.4, -0.2) is 16.5 Å². The Labute approximate surface area is 115 Å². The molecule has 3 rings (SSSR count). The van der Waals surface area contributed by atoms with Gasteiger partial charge in [0.2, 0.25) is 0 Å². The molecular weight excluding hydrogens is 257 g/mol. The van der Waals surface area contributed by atoms with Crippen LogP contribution in [0.4, 0.5) is 4.39 Å². The zero-order valence-electron chi connectivity index (χ0n) is 11.0. The predicted molar refractivity (Wildman–Crippen MR) is 73.7 cm³/mol. The Morgan fingerprint density at radius 3 is 2.95 bits per heavy atom. The molecule has 0 fully saturated rings. The molecule has 0 aliphatic carbocycles. The maximum absolute atomic E-state index is 13.7. The minimum absolute atomic E-state index is 0.236. The van der Waals surface area contributed by atoms with Crippen molar-refractivity contribution in [3.05, 3.63) is 60.1 Å². The first kappa shape index (κ1) is 12.7. The number of nitrogens with zero attached hydrogens (tertiary/aromatic N) is 2. The molecule has 0 aliphatic heterocycles. The van der Waals surface area contributed by atoms with Crippen LogP contribution in [0.2, 0.25) is 0 Å². The molecule has 0 saturated heterocycles. The molecule has 1 atom stereocenters. The van der Waals surface area contributed by atoms with Crippen molar-refractivity contribution < 1.29 is 8.81 Å². The summed E-state index contributed by atoms with van der Waals surface area (Å²) in [5, 5.41) is 4.02. The van der Waals surface area contributed by atoms with E-state index in [1.54, 1.807) is 24.7 Å². The van der Waals surface area contributed by atoms with Gasteiger partial charge in [-0.05, 0) is 18.7 Å². The molecule has 2 aromatic heterocycles. The van der Waals surface area contributed by atoms with Gasteiger partial charge in [0.05, 0.1) is 11.9 Å². The number of nitrogens with one attached hydrogen (secondary N) is 1. The zero-order chi connectivity index (χ0) is 13.9. The van der Waals surface area contributed by atoms with Crippen molar-refractivity contribution in [2.24, 2.45) is 0 Å². The van der Waals surface area contributed by atoms with Crippen LogP contribution in [0.25, 0.3) is 11.0 Å². The van der Waals surface area contributed by atoms with Gasteiger partial charge in [0.1, 0.15) is 11.8 Å². The number of rotatable bonds is 4. The third-order valence-electron chi connectivity index (χ3n) is 3.09. The van der Waals surface area contributed by atoms with Crippen molar-refractivity contribution in [1.29, 1.82) is 0 Å². The lowest BCUT2D eigenvalue weighted by molar-refractivity contribution is 0.459. The first-order valence-electron chi connectivity index (χ1n) is 6.47. The van der Waals surface area contributed by atoms with Gasteiger partial charge in [0, 0.05) is 17.8 Å². The summed E-state index contributed by atoms with van der Waals surface area (Å²) >= 11 is 0. The average molecular weight is 271 g/mol. The number of benzene rings is 1. The Bertz CT molecular complexity index is 711. The van der Waals surface area contributed by atoms with Gasteiger partial charge in [-0.2, -0.15) is 0 Å². The van der Waals surface area contributed by atoms with Crippen LogP contribution in [-0.2, 0) is 0 Å². The van der Waals surface area contributed by atoms with Crippen LogP contribution in [0.5, 0.6) is 0 Å². The molecule has 0 amide bonds. The van der Waals surface area contributed by atoms with E-state index >= 15 is 0 Å². The third-order valence-corrected chi connectivity index (χ3v) is 3.09. The van der Waals surface area contributed by atoms with Crippen molar-refractivity contribution in [2.75, 3.05) is 6.54 Å². The van der Waals surface area contributed by atoms with Gasteiger partial charge in [0.25, 0.3) is 0 Å². The minimum atomic E-state index is -0.358. The highest BCUT2D eigenvalue weighted by molar-refractivity contribution is 5.78. The minimum Gasteiger partial charge on any atom is -0.456 e. The molecule has 3 aromatic rings. The first-order valence-corrected chi connectivity index (χ1v) is 6.47. The second-order valence-corrected chi connectivity index (χ2v) is 4.43. The van der Waals surface area contributed by atoms with Crippen molar-refractivity contribution in [2.45, 2.75) is 13.0 Å². The van der Waals surface area contributed by atoms with E-state index in [0.29, 0.717) is 5.76 Å². The van der Waals surface area contributed by atoms with E-state index in [1.807, 2.05) is 19.1 Å². The number of fused-ring (bicyclic) bond motifs is 1. The Kier molecular flexibility index (Phi) is 3.43. The van der Waals surface area contributed by atoms with Crippen LogP contribution < -0.4 is 5.32 Å². The van der Waals surface area contributed by atoms with Crippen LogP contribution >= 0.6 is 0 Å². The van der Waals surface area contributed by atoms with Gasteiger partial charge in [-0.15, -0.1) is 0 Å². The summed E-state index contributed by atoms with van der Waals surface area (Å²) < 4.78 is 19.4. The Morgan fingerprint density at radius 1 is 1.35 bits per heavy atom. The molecule has 20 heavy (non-hydrogen) atoms. The van der Waals surface area contributed by atoms with Gasteiger partial charge in [-0.1, -0.05) is 19.1 Å². The number of furan rings is 1. The van der Waals surface area contributed by atoms with E-state index < -0.39 is 0 Å². The lowest BCUT2D eigenvalue weighted by Gasteiger charge is -2.13. The molecule has 5 heteroatoms. The van der Waals surface area contributed by atoms with E-state index in [9.17, 15) is 4.39 Å². The third kappa shape index (κ3) is 2.28. The van der Waals surface area contributed by atoms with Gasteiger partial charge in [0.15, 0.2) is 11.4 Å². The molecule has 0 saturated carbocycles. The zero-order valence-corrected chi connectivity index (χ0v) is 11.0. The molecule has 1 aromatic carbocycles. The molecule has 102 valence electrons. The number of halogens is 1. The van der Waals surface area contributed by atoms with Crippen LogP contribution in [0.1, 0.15) is 24.4 Å². The smallest absolute Gasteiger partial charge is 0.169 e. The van der Waals surface area contributed by atoms with Crippen molar-refractivity contribution in [3.8, 4) is 0 Å². The van der Waals surface area contributed by atoms with Crippen LogP contribution in [0.15, 0.2) is 47.3 Å². The number of aromatic nitrogens is 2. The fourth-order valence-corrected chi connectivity index (χ4v) is 2.20. The topological polar surface area (TPSA) is 51.0 Å². The normalized spacial score (nSPS) is 12.7. The van der Waals surface area contributed by atoms with E-state index in [-0.39, 0.29) is 17.4 Å². The first-order chi connectivity index (χ1) is 9.79. The summed E-state index contributed by atoms with van der Waals surface area (Å²) in [6.07, 6.45) is 4.92. The molecule has 0 spiro atoms. The largest absolute Gasteiger partial charge is 0.456 e. The average Bonchev–Trinajstić information content (AvgIpc) is 2.91. The standard InChI is InChI=1S/C15H14FN3O/c1-2-18-14(12-9-17-6-7-19-12)13-8-10-4-3-5-11(16)15(10)20-13/h3-9,14,18H,2H2,1H3. The number of hydrogen-bond donors (Lipinski definition) is 1. The summed E-state index contributed by atoms with van der Waals surface area (Å²) in [5.41, 5.74) is 1.02. The summed E-state index contributed by atoms with van der Waals surface area (Å²) in [4.78, 5) is 8.35. The maximum atomic E-state index is 13.7. The summed E-state index contributed by atoms with van der Waals surface area (Å²) in [6, 6.07) is 6.48. The Morgan fingerprint density at radius 2 is 2.25 bits per heavy atom. The molecular formula is C15H14FN3O. The Balaban J connectivity index is 2.08. The second-order valence-electron chi connectivity index (χ2n) is 4.43. The van der Waals surface area contributed by atoms with Crippen molar-refractivity contribution >= 4 is 11.0 Å². The molecule has 0 bridgehead atoms. The molecule has 1 unspecified atom stereocenters. The summed E-state index contributed by atoms with van der Waals surface area (Å²) in [6.45, 7) is 2.73. The molecule has 1 N–H and O–H groups in total. The van der Waals surface area contributed by atoms with Gasteiger partial charge < -0.3 is 9.73 Å². The lowest BCUT2D eigenvalue weighted by Crippen LogP contribution is -2.22. The summed E-state index contributed by atoms with van der Waals surface area (Å²) in [7, 11) is 0. The highest BCUT2D eigenvalue weighted by Gasteiger charge is 2.20. The highest BCUT2D eigenvalue weighted by Crippen LogP contribution is 2.28. The molecule has 0 aliphatic rings. The Hall–Kier alpha value is -2.27. The fraction of sp³-hybridized carbons (Fsp3) is 0.200. The van der Waals surface area contributed by atoms with E-state index in [4.69, 9.17) is 4.42 Å². The van der Waals surface area contributed by atoms with E-state index in [0.717, 1.165) is 17.6 Å². The molecule has 2 heterocycles. The molecule has 0 radical (unpaired) electrons. The van der Waals surface area contributed by atoms with E-state index in [2.05, 4.69) is 15.3 Å². The quantitative estimate of drug-likeness (QED) is 0.792. The monoisotopic (exact) mass is 271 g/mol. The van der Waals surface area contributed by atoms with Gasteiger partial charge in [-0.3, -0.25) is 9.97 Å². The fourth-order valence-electron chi connectivity index (χ4n) is 2.20. The predicted octanol–water partition coefficient (Wildman–Crippen LogP) is 3.06. The highest BCUT2D eigenvalue weighted by atomic mass is 19.1.